The molecule has 0 radical (unpaired) electrons. The summed E-state index contributed by atoms with van der Waals surface area (Å²) in [6, 6.07) is 12.9. The average Bonchev–Trinajstić information content (AvgIpc) is 3.19. The third kappa shape index (κ3) is 7.25. The molecule has 10 heteroatoms. The SMILES string of the molecule is CC(C)(C)c1ccc(/C=N\NC(=O)CSc2nnc(COc3ccc(Cl)cc3Cl)o2)cc1. The number of thioether (sulfide) groups is 1. The summed E-state index contributed by atoms with van der Waals surface area (Å²) in [6.07, 6.45) is 1.60. The molecule has 3 rings (SSSR count). The number of carbonyl (C=O) groups excluding carboxylic acids is 1. The van der Waals surface area contributed by atoms with Crippen LogP contribution in [0.25, 0.3) is 0 Å². The number of halogens is 2. The highest BCUT2D eigenvalue weighted by molar-refractivity contribution is 7.99. The molecule has 0 bridgehead atoms. The lowest BCUT2D eigenvalue weighted by Crippen LogP contribution is -2.19. The minimum absolute atomic E-state index is 0.0411. The Morgan fingerprint density at radius 2 is 1.94 bits per heavy atom. The van der Waals surface area contributed by atoms with E-state index in [1.165, 1.54) is 5.56 Å². The van der Waals surface area contributed by atoms with Crippen LogP contribution >= 0.6 is 35.0 Å². The first-order valence-corrected chi connectivity index (χ1v) is 11.4. The maximum absolute atomic E-state index is 12.0. The molecule has 1 amide bonds. The Hall–Kier alpha value is -2.55. The maximum Gasteiger partial charge on any atom is 0.277 e. The highest BCUT2D eigenvalue weighted by Crippen LogP contribution is 2.28. The molecule has 0 spiro atoms. The lowest BCUT2D eigenvalue weighted by Gasteiger charge is -2.18. The third-order valence-corrected chi connectivity index (χ3v) is 5.55. The van der Waals surface area contributed by atoms with Gasteiger partial charge in [0.15, 0.2) is 6.61 Å². The minimum atomic E-state index is -0.290. The zero-order chi connectivity index (χ0) is 23.1. The number of carbonyl (C=O) groups is 1. The first-order chi connectivity index (χ1) is 15.2. The minimum Gasteiger partial charge on any atom is -0.482 e. The number of nitrogens with zero attached hydrogens (tertiary/aromatic N) is 3. The van der Waals surface area contributed by atoms with Crippen molar-refractivity contribution in [3.8, 4) is 5.75 Å². The topological polar surface area (TPSA) is 89.6 Å². The predicted octanol–water partition coefficient (Wildman–Crippen LogP) is 5.50. The van der Waals surface area contributed by atoms with Crippen LogP contribution in [0.15, 0.2) is 57.2 Å². The fourth-order valence-electron chi connectivity index (χ4n) is 2.49. The van der Waals surface area contributed by atoms with Crippen molar-refractivity contribution in [3.05, 3.63) is 69.5 Å². The van der Waals surface area contributed by atoms with E-state index in [9.17, 15) is 4.79 Å². The molecular weight excluding hydrogens is 471 g/mol. The Morgan fingerprint density at radius 1 is 1.19 bits per heavy atom. The molecular formula is C22H22Cl2N4O3S. The first kappa shape index (κ1) is 24.1. The van der Waals surface area contributed by atoms with Gasteiger partial charge in [0.2, 0.25) is 0 Å². The van der Waals surface area contributed by atoms with E-state index < -0.39 is 0 Å². The van der Waals surface area contributed by atoms with E-state index in [1.807, 2.05) is 12.1 Å². The number of hydrogen-bond acceptors (Lipinski definition) is 7. The van der Waals surface area contributed by atoms with E-state index in [4.69, 9.17) is 32.4 Å². The van der Waals surface area contributed by atoms with E-state index >= 15 is 0 Å². The zero-order valence-corrected chi connectivity index (χ0v) is 20.1. The summed E-state index contributed by atoms with van der Waals surface area (Å²) in [6.45, 7) is 6.51. The van der Waals surface area contributed by atoms with Crippen LogP contribution in [-0.2, 0) is 16.8 Å². The van der Waals surface area contributed by atoms with Gasteiger partial charge < -0.3 is 9.15 Å². The molecule has 168 valence electrons. The summed E-state index contributed by atoms with van der Waals surface area (Å²) < 4.78 is 11.0. The van der Waals surface area contributed by atoms with Gasteiger partial charge in [0, 0.05) is 5.02 Å². The highest BCUT2D eigenvalue weighted by Gasteiger charge is 2.13. The molecule has 1 aromatic heterocycles. The molecule has 32 heavy (non-hydrogen) atoms. The molecule has 0 fully saturated rings. The molecule has 0 saturated carbocycles. The predicted molar refractivity (Wildman–Crippen MR) is 127 cm³/mol. The lowest BCUT2D eigenvalue weighted by molar-refractivity contribution is -0.118. The van der Waals surface area contributed by atoms with Crippen LogP contribution in [0, 0.1) is 0 Å². The number of hydrazone groups is 1. The fourth-order valence-corrected chi connectivity index (χ4v) is 3.53. The van der Waals surface area contributed by atoms with E-state index in [1.54, 1.807) is 24.4 Å². The normalized spacial score (nSPS) is 11.7. The number of amides is 1. The van der Waals surface area contributed by atoms with Crippen molar-refractivity contribution in [1.29, 1.82) is 0 Å². The van der Waals surface area contributed by atoms with E-state index in [0.29, 0.717) is 15.8 Å². The summed E-state index contributed by atoms with van der Waals surface area (Å²) in [5, 5.41) is 12.9. The molecule has 0 aliphatic heterocycles. The zero-order valence-electron chi connectivity index (χ0n) is 17.8. The Bertz CT molecular complexity index is 1100. The summed E-state index contributed by atoms with van der Waals surface area (Å²) in [7, 11) is 0. The van der Waals surface area contributed by atoms with E-state index in [-0.39, 0.29) is 34.8 Å². The van der Waals surface area contributed by atoms with Gasteiger partial charge in [-0.15, -0.1) is 10.2 Å². The van der Waals surface area contributed by atoms with E-state index in [2.05, 4.69) is 53.6 Å². The van der Waals surface area contributed by atoms with Gasteiger partial charge in [-0.2, -0.15) is 5.10 Å². The molecule has 0 atom stereocenters. The van der Waals surface area contributed by atoms with Crippen molar-refractivity contribution >= 4 is 47.1 Å². The van der Waals surface area contributed by atoms with Gasteiger partial charge in [0.05, 0.1) is 17.0 Å². The fraction of sp³-hybridized carbons (Fsp3) is 0.273. The van der Waals surface area contributed by atoms with Crippen molar-refractivity contribution in [2.24, 2.45) is 5.10 Å². The molecule has 2 aromatic carbocycles. The Kier molecular flexibility index (Phi) is 8.17. The van der Waals surface area contributed by atoms with Gasteiger partial charge in [-0.05, 0) is 34.7 Å². The van der Waals surface area contributed by atoms with Crippen molar-refractivity contribution in [2.45, 2.75) is 38.0 Å². The Balaban J connectivity index is 1.42. The molecule has 0 aliphatic carbocycles. The molecule has 0 unspecified atom stereocenters. The Labute approximate surface area is 200 Å². The quantitative estimate of drug-likeness (QED) is 0.253. The van der Waals surface area contributed by atoms with Crippen LogP contribution in [0.2, 0.25) is 10.0 Å². The number of rotatable bonds is 8. The van der Waals surface area contributed by atoms with Crippen LogP contribution in [0.3, 0.4) is 0 Å². The van der Waals surface area contributed by atoms with Crippen LogP contribution in [0.4, 0.5) is 0 Å². The van der Waals surface area contributed by atoms with Crippen LogP contribution in [0.5, 0.6) is 5.75 Å². The number of benzene rings is 2. The van der Waals surface area contributed by atoms with Gasteiger partial charge in [-0.3, -0.25) is 4.79 Å². The van der Waals surface area contributed by atoms with E-state index in [0.717, 1.165) is 17.3 Å². The highest BCUT2D eigenvalue weighted by atomic mass is 35.5. The largest absolute Gasteiger partial charge is 0.482 e. The van der Waals surface area contributed by atoms with Gasteiger partial charge in [0.1, 0.15) is 5.75 Å². The van der Waals surface area contributed by atoms with Gasteiger partial charge in [0.25, 0.3) is 17.0 Å². The molecule has 0 saturated heterocycles. The Morgan fingerprint density at radius 3 is 2.62 bits per heavy atom. The van der Waals surface area contributed by atoms with Crippen molar-refractivity contribution < 1.29 is 13.9 Å². The van der Waals surface area contributed by atoms with Crippen molar-refractivity contribution in [1.82, 2.24) is 15.6 Å². The summed E-state index contributed by atoms with van der Waals surface area (Å²) in [5.74, 6) is 0.497. The summed E-state index contributed by atoms with van der Waals surface area (Å²) in [5.41, 5.74) is 4.70. The van der Waals surface area contributed by atoms with Crippen molar-refractivity contribution in [3.63, 3.8) is 0 Å². The average molecular weight is 493 g/mol. The number of aromatic nitrogens is 2. The second kappa shape index (κ2) is 10.8. The lowest BCUT2D eigenvalue weighted by atomic mass is 9.87. The second-order valence-electron chi connectivity index (χ2n) is 7.78. The second-order valence-corrected chi connectivity index (χ2v) is 9.55. The monoisotopic (exact) mass is 492 g/mol. The third-order valence-electron chi connectivity index (χ3n) is 4.20. The van der Waals surface area contributed by atoms with Crippen molar-refractivity contribution in [2.75, 3.05) is 5.75 Å². The molecule has 7 nitrogen and oxygen atoms in total. The number of ether oxygens (including phenoxy) is 1. The number of nitrogens with one attached hydrogen (secondary N) is 1. The molecule has 3 aromatic rings. The van der Waals surface area contributed by atoms with Crippen LogP contribution < -0.4 is 10.2 Å². The number of hydrogen-bond donors (Lipinski definition) is 1. The summed E-state index contributed by atoms with van der Waals surface area (Å²) in [4.78, 5) is 12.0. The molecule has 0 aliphatic rings. The van der Waals surface area contributed by atoms with Crippen LogP contribution in [-0.4, -0.2) is 28.1 Å². The van der Waals surface area contributed by atoms with Gasteiger partial charge in [-0.1, -0.05) is 80.0 Å². The molecule has 1 N–H and O–H groups in total. The van der Waals surface area contributed by atoms with Gasteiger partial charge >= 0.3 is 0 Å². The summed E-state index contributed by atoms with van der Waals surface area (Å²) >= 11 is 13.0. The smallest absolute Gasteiger partial charge is 0.277 e. The van der Waals surface area contributed by atoms with Gasteiger partial charge in [-0.25, -0.2) is 5.43 Å². The maximum atomic E-state index is 12.0. The molecule has 1 heterocycles. The standard InChI is InChI=1S/C22H22Cl2N4O3S/c1-22(2,3)15-6-4-14(5-7-15)11-25-26-19(29)13-32-21-28-27-20(31-21)12-30-18-9-8-16(23)10-17(18)24/h4-11H,12-13H2,1-3H3,(H,26,29)/b25-11-. The first-order valence-electron chi connectivity index (χ1n) is 9.66. The van der Waals surface area contributed by atoms with Crippen LogP contribution in [0.1, 0.15) is 37.8 Å².